The number of nitrogens with zero attached hydrogens (tertiary/aromatic N) is 1. The molecule has 82 valence electrons. The van der Waals surface area contributed by atoms with Crippen molar-refractivity contribution in [3.05, 3.63) is 54.4 Å². The maximum absolute atomic E-state index is 10.7. The summed E-state index contributed by atoms with van der Waals surface area (Å²) in [5, 5.41) is 0. The summed E-state index contributed by atoms with van der Waals surface area (Å²) in [5.74, 6) is 0.161. The summed E-state index contributed by atoms with van der Waals surface area (Å²) in [7, 11) is 0. The molecule has 0 fully saturated rings. The Hall–Kier alpha value is -1.52. The molecule has 1 aromatic heterocycles. The second-order valence-corrected chi connectivity index (χ2v) is 4.34. The Kier molecular flexibility index (Phi) is 3.44. The predicted molar refractivity (Wildman–Crippen MR) is 64.1 cm³/mol. The van der Waals surface area contributed by atoms with Crippen molar-refractivity contribution in [3.63, 3.8) is 0 Å². The lowest BCUT2D eigenvalue weighted by Crippen LogP contribution is -1.93. The van der Waals surface area contributed by atoms with E-state index in [0.29, 0.717) is 0 Å². The number of rotatable bonds is 3. The maximum Gasteiger partial charge on any atom is 0.157 e. The van der Waals surface area contributed by atoms with E-state index in [-0.39, 0.29) is 5.75 Å². The molecular weight excluding hydrogens is 222 g/mol. The van der Waals surface area contributed by atoms with Crippen LogP contribution in [-0.2, 0) is 16.8 Å². The van der Waals surface area contributed by atoms with Crippen LogP contribution in [0.15, 0.2) is 48.8 Å². The molecule has 0 saturated carbocycles. The smallest absolute Gasteiger partial charge is 0.157 e. The molecule has 0 spiro atoms. The maximum atomic E-state index is 10.7. The van der Waals surface area contributed by atoms with Gasteiger partial charge < -0.3 is 4.55 Å². The Morgan fingerprint density at radius 2 is 2.00 bits per heavy atom. The quantitative estimate of drug-likeness (QED) is 0.828. The summed E-state index contributed by atoms with van der Waals surface area (Å²) < 4.78 is 19.5. The van der Waals surface area contributed by atoms with Gasteiger partial charge in [-0.05, 0) is 22.8 Å². The first-order valence-corrected chi connectivity index (χ1v) is 6.10. The average Bonchev–Trinajstić information content (AvgIpc) is 2.30. The Morgan fingerprint density at radius 1 is 1.19 bits per heavy atom. The fraction of sp³-hybridized carbons (Fsp3) is 0.0833. The highest BCUT2D eigenvalue weighted by molar-refractivity contribution is 7.78. The van der Waals surface area contributed by atoms with Gasteiger partial charge >= 0.3 is 0 Å². The van der Waals surface area contributed by atoms with Crippen molar-refractivity contribution in [1.29, 1.82) is 0 Å². The van der Waals surface area contributed by atoms with Gasteiger partial charge in [-0.2, -0.15) is 0 Å². The van der Waals surface area contributed by atoms with Crippen LogP contribution in [0.25, 0.3) is 11.1 Å². The zero-order valence-electron chi connectivity index (χ0n) is 8.54. The zero-order valence-corrected chi connectivity index (χ0v) is 9.35. The van der Waals surface area contributed by atoms with Crippen LogP contribution in [0.2, 0.25) is 0 Å². The van der Waals surface area contributed by atoms with E-state index in [9.17, 15) is 4.21 Å². The van der Waals surface area contributed by atoms with E-state index in [2.05, 4.69) is 4.98 Å². The van der Waals surface area contributed by atoms with Crippen LogP contribution in [-0.4, -0.2) is 13.7 Å². The van der Waals surface area contributed by atoms with E-state index in [1.165, 1.54) is 0 Å². The molecule has 2 aromatic rings. The Bertz CT molecular complexity index is 499. The van der Waals surface area contributed by atoms with Gasteiger partial charge in [0, 0.05) is 12.4 Å². The molecular formula is C12H11NO2S. The molecule has 1 aromatic carbocycles. The molecule has 0 aliphatic rings. The highest BCUT2D eigenvalue weighted by Crippen LogP contribution is 2.19. The molecule has 1 unspecified atom stereocenters. The van der Waals surface area contributed by atoms with E-state index in [1.54, 1.807) is 12.4 Å². The summed E-state index contributed by atoms with van der Waals surface area (Å²) in [4.78, 5) is 4.04. The molecule has 0 aliphatic carbocycles. The molecule has 0 aliphatic heterocycles. The van der Waals surface area contributed by atoms with Crippen LogP contribution in [0, 0.1) is 0 Å². The molecule has 2 rings (SSSR count). The topological polar surface area (TPSA) is 50.2 Å². The summed E-state index contributed by atoms with van der Waals surface area (Å²) in [5.41, 5.74) is 2.87. The van der Waals surface area contributed by atoms with Gasteiger partial charge in [0.05, 0.1) is 5.75 Å². The number of benzene rings is 1. The monoisotopic (exact) mass is 233 g/mol. The van der Waals surface area contributed by atoms with Gasteiger partial charge in [0.25, 0.3) is 0 Å². The molecule has 0 bridgehead atoms. The first kappa shape index (κ1) is 11.0. The van der Waals surface area contributed by atoms with E-state index in [1.807, 2.05) is 36.4 Å². The molecule has 1 atom stereocenters. The molecule has 3 nitrogen and oxygen atoms in total. The molecule has 4 heteroatoms. The first-order valence-electron chi connectivity index (χ1n) is 4.82. The van der Waals surface area contributed by atoms with Crippen molar-refractivity contribution in [2.24, 2.45) is 0 Å². The van der Waals surface area contributed by atoms with Crippen molar-refractivity contribution in [2.75, 3.05) is 0 Å². The molecule has 0 amide bonds. The van der Waals surface area contributed by atoms with Crippen LogP contribution >= 0.6 is 0 Å². The average molecular weight is 233 g/mol. The minimum absolute atomic E-state index is 0.161. The van der Waals surface area contributed by atoms with Crippen LogP contribution in [0.3, 0.4) is 0 Å². The predicted octanol–water partition coefficient (Wildman–Crippen LogP) is 2.47. The summed E-state index contributed by atoms with van der Waals surface area (Å²) >= 11 is -1.80. The highest BCUT2D eigenvalue weighted by Gasteiger charge is 2.01. The minimum Gasteiger partial charge on any atom is -0.306 e. The van der Waals surface area contributed by atoms with Crippen molar-refractivity contribution < 1.29 is 8.76 Å². The van der Waals surface area contributed by atoms with Gasteiger partial charge in [0.15, 0.2) is 11.1 Å². The van der Waals surface area contributed by atoms with Gasteiger partial charge in [-0.3, -0.25) is 4.98 Å². The summed E-state index contributed by atoms with van der Waals surface area (Å²) in [6.07, 6.45) is 3.49. The molecule has 0 saturated heterocycles. The van der Waals surface area contributed by atoms with Gasteiger partial charge in [-0.15, -0.1) is 0 Å². The SMILES string of the molecule is O=S(O)Cc1cccc(-c2cccnc2)c1. The standard InChI is InChI=1S/C12H11NO2S/c14-16(15)9-10-3-1-4-11(7-10)12-5-2-6-13-8-12/h1-8H,9H2,(H,14,15). The highest BCUT2D eigenvalue weighted by atomic mass is 32.2. The van der Waals surface area contributed by atoms with Crippen molar-refractivity contribution in [1.82, 2.24) is 4.98 Å². The second kappa shape index (κ2) is 5.01. The van der Waals surface area contributed by atoms with Crippen molar-refractivity contribution in [3.8, 4) is 11.1 Å². The lowest BCUT2D eigenvalue weighted by atomic mass is 10.1. The van der Waals surface area contributed by atoms with Crippen LogP contribution < -0.4 is 0 Å². The molecule has 1 N–H and O–H groups in total. The minimum atomic E-state index is -1.80. The molecule has 16 heavy (non-hydrogen) atoms. The van der Waals surface area contributed by atoms with Gasteiger partial charge in [0.1, 0.15) is 0 Å². The summed E-state index contributed by atoms with van der Waals surface area (Å²) in [6.45, 7) is 0. The van der Waals surface area contributed by atoms with Crippen molar-refractivity contribution in [2.45, 2.75) is 5.75 Å². The largest absolute Gasteiger partial charge is 0.306 e. The summed E-state index contributed by atoms with van der Waals surface area (Å²) in [6, 6.07) is 11.4. The Labute approximate surface area is 96.5 Å². The van der Waals surface area contributed by atoms with Crippen LogP contribution in [0.5, 0.6) is 0 Å². The first-order chi connectivity index (χ1) is 7.75. The fourth-order valence-electron chi connectivity index (χ4n) is 1.52. The lowest BCUT2D eigenvalue weighted by Gasteiger charge is -2.03. The fourth-order valence-corrected chi connectivity index (χ4v) is 1.98. The molecule has 0 radical (unpaired) electrons. The molecule has 1 heterocycles. The van der Waals surface area contributed by atoms with Crippen LogP contribution in [0.1, 0.15) is 5.56 Å². The normalized spacial score (nSPS) is 12.3. The van der Waals surface area contributed by atoms with E-state index >= 15 is 0 Å². The lowest BCUT2D eigenvalue weighted by molar-refractivity contribution is 0.563. The number of hydrogen-bond acceptors (Lipinski definition) is 2. The number of pyridine rings is 1. The Morgan fingerprint density at radius 3 is 2.69 bits per heavy atom. The second-order valence-electron chi connectivity index (χ2n) is 3.41. The van der Waals surface area contributed by atoms with Crippen LogP contribution in [0.4, 0.5) is 0 Å². The van der Waals surface area contributed by atoms with E-state index < -0.39 is 11.1 Å². The van der Waals surface area contributed by atoms with E-state index in [0.717, 1.165) is 16.7 Å². The number of hydrogen-bond donors (Lipinski definition) is 1. The Balaban J connectivity index is 2.33. The van der Waals surface area contributed by atoms with Gasteiger partial charge in [-0.1, -0.05) is 30.3 Å². The zero-order chi connectivity index (χ0) is 11.4. The third-order valence-corrected chi connectivity index (χ3v) is 2.79. The number of aromatic nitrogens is 1. The van der Waals surface area contributed by atoms with Gasteiger partial charge in [-0.25, -0.2) is 4.21 Å². The van der Waals surface area contributed by atoms with Gasteiger partial charge in [0.2, 0.25) is 0 Å². The van der Waals surface area contributed by atoms with E-state index in [4.69, 9.17) is 4.55 Å². The third kappa shape index (κ3) is 2.74. The third-order valence-electron chi connectivity index (χ3n) is 2.21. The van der Waals surface area contributed by atoms with Crippen molar-refractivity contribution >= 4 is 11.1 Å².